The smallest absolute Gasteiger partial charge is 0.320 e. The molecule has 0 bridgehead atoms. The molecule has 1 heterocycles. The third-order valence-corrected chi connectivity index (χ3v) is 2.73. The summed E-state index contributed by atoms with van der Waals surface area (Å²) in [5, 5.41) is 0. The van der Waals surface area contributed by atoms with Crippen LogP contribution in [0, 0.1) is 11.8 Å². The minimum Gasteiger partial charge on any atom is -0.468 e. The van der Waals surface area contributed by atoms with Crippen molar-refractivity contribution in [1.29, 1.82) is 0 Å². The number of esters is 2. The van der Waals surface area contributed by atoms with Gasteiger partial charge in [-0.05, 0) is 0 Å². The number of nitrogens with zero attached hydrogens (tertiary/aromatic N) is 1. The van der Waals surface area contributed by atoms with Crippen LogP contribution in [-0.2, 0) is 28.7 Å². The third kappa shape index (κ3) is 2.27. The second-order valence-electron chi connectivity index (χ2n) is 3.63. The Morgan fingerprint density at radius 3 is 2.00 bits per heavy atom. The fourth-order valence-electron chi connectivity index (χ4n) is 1.72. The van der Waals surface area contributed by atoms with Gasteiger partial charge in [-0.2, -0.15) is 0 Å². The number of imide groups is 1. The van der Waals surface area contributed by atoms with Gasteiger partial charge in [0, 0.05) is 13.5 Å². The van der Waals surface area contributed by atoms with E-state index in [0.717, 1.165) is 19.1 Å². The van der Waals surface area contributed by atoms with Gasteiger partial charge >= 0.3 is 11.9 Å². The topological polar surface area (TPSA) is 90.0 Å². The number of carbonyl (C=O) groups is 4. The van der Waals surface area contributed by atoms with E-state index in [2.05, 4.69) is 9.47 Å². The molecule has 1 aliphatic rings. The van der Waals surface area contributed by atoms with Crippen molar-refractivity contribution in [1.82, 2.24) is 4.90 Å². The molecule has 0 aliphatic carbocycles. The van der Waals surface area contributed by atoms with Gasteiger partial charge < -0.3 is 9.47 Å². The molecule has 7 heteroatoms. The van der Waals surface area contributed by atoms with Crippen LogP contribution in [0.4, 0.5) is 0 Å². The monoisotopic (exact) mass is 243 g/mol. The van der Waals surface area contributed by atoms with Gasteiger partial charge in [-0.3, -0.25) is 24.1 Å². The van der Waals surface area contributed by atoms with Crippen LogP contribution in [0.25, 0.3) is 0 Å². The van der Waals surface area contributed by atoms with Gasteiger partial charge in [-0.1, -0.05) is 0 Å². The highest BCUT2D eigenvalue weighted by Gasteiger charge is 2.48. The molecule has 0 aromatic carbocycles. The molecular weight excluding hydrogens is 230 g/mol. The molecule has 0 saturated carbocycles. The Balaban J connectivity index is 3.00. The Labute approximate surface area is 97.7 Å². The minimum atomic E-state index is -1.38. The van der Waals surface area contributed by atoms with Crippen LogP contribution >= 0.6 is 0 Å². The third-order valence-electron chi connectivity index (χ3n) is 2.73. The first-order valence-corrected chi connectivity index (χ1v) is 4.90. The summed E-state index contributed by atoms with van der Waals surface area (Å²) >= 11 is 0. The van der Waals surface area contributed by atoms with Crippen molar-refractivity contribution < 1.29 is 28.7 Å². The van der Waals surface area contributed by atoms with Crippen LogP contribution in [0.2, 0.25) is 0 Å². The number of likely N-dealkylation sites (tertiary alicyclic amines) is 1. The minimum absolute atomic E-state index is 0.190. The van der Waals surface area contributed by atoms with Gasteiger partial charge in [-0.25, -0.2) is 0 Å². The summed E-state index contributed by atoms with van der Waals surface area (Å²) in [4.78, 5) is 46.8. The van der Waals surface area contributed by atoms with Crippen molar-refractivity contribution in [2.45, 2.75) is 6.42 Å². The Morgan fingerprint density at radius 2 is 1.71 bits per heavy atom. The molecule has 1 saturated heterocycles. The number of amides is 2. The van der Waals surface area contributed by atoms with Crippen molar-refractivity contribution in [3.05, 3.63) is 0 Å². The number of hydrogen-bond acceptors (Lipinski definition) is 6. The molecule has 1 rings (SSSR count). The van der Waals surface area contributed by atoms with Gasteiger partial charge in [0.1, 0.15) is 0 Å². The summed E-state index contributed by atoms with van der Waals surface area (Å²) in [5.74, 6) is -5.18. The summed E-state index contributed by atoms with van der Waals surface area (Å²) in [5.41, 5.74) is 0. The zero-order valence-corrected chi connectivity index (χ0v) is 9.76. The molecule has 7 nitrogen and oxygen atoms in total. The summed E-state index contributed by atoms with van der Waals surface area (Å²) in [6.45, 7) is 0. The van der Waals surface area contributed by atoms with Gasteiger partial charge in [0.05, 0.1) is 20.1 Å². The van der Waals surface area contributed by atoms with E-state index >= 15 is 0 Å². The van der Waals surface area contributed by atoms with Gasteiger partial charge in [0.2, 0.25) is 11.8 Å². The maximum Gasteiger partial charge on any atom is 0.320 e. The lowest BCUT2D eigenvalue weighted by atomic mass is 9.91. The van der Waals surface area contributed by atoms with Gasteiger partial charge in [0.15, 0.2) is 5.92 Å². The first kappa shape index (κ1) is 13.1. The molecule has 0 N–H and O–H groups in total. The first-order valence-electron chi connectivity index (χ1n) is 4.90. The van der Waals surface area contributed by atoms with E-state index < -0.39 is 35.6 Å². The van der Waals surface area contributed by atoms with Gasteiger partial charge in [0.25, 0.3) is 0 Å². The maximum atomic E-state index is 11.7. The second-order valence-corrected chi connectivity index (χ2v) is 3.63. The normalized spacial score (nSPS) is 19.8. The molecule has 0 spiro atoms. The van der Waals surface area contributed by atoms with Crippen molar-refractivity contribution in [2.75, 3.05) is 21.3 Å². The fraction of sp³-hybridized carbons (Fsp3) is 0.600. The van der Waals surface area contributed by atoms with E-state index in [1.165, 1.54) is 7.05 Å². The van der Waals surface area contributed by atoms with Crippen LogP contribution in [0.1, 0.15) is 6.42 Å². The van der Waals surface area contributed by atoms with E-state index in [0.29, 0.717) is 0 Å². The Morgan fingerprint density at radius 1 is 1.24 bits per heavy atom. The molecular formula is C10H13NO6. The maximum absolute atomic E-state index is 11.7. The van der Waals surface area contributed by atoms with Crippen molar-refractivity contribution in [2.24, 2.45) is 11.8 Å². The highest BCUT2D eigenvalue weighted by Crippen LogP contribution is 2.27. The second kappa shape index (κ2) is 4.94. The van der Waals surface area contributed by atoms with Crippen LogP contribution in [0.3, 0.4) is 0 Å². The van der Waals surface area contributed by atoms with E-state index in [4.69, 9.17) is 0 Å². The molecule has 0 aromatic heterocycles. The summed E-state index contributed by atoms with van der Waals surface area (Å²) in [7, 11) is 3.50. The predicted octanol–water partition coefficient (Wildman–Crippen LogP) is -1.05. The summed E-state index contributed by atoms with van der Waals surface area (Å²) in [6, 6.07) is 0. The zero-order valence-electron chi connectivity index (χ0n) is 9.76. The lowest BCUT2D eigenvalue weighted by molar-refractivity contribution is -0.164. The molecule has 2 amide bonds. The Kier molecular flexibility index (Phi) is 3.82. The number of rotatable bonds is 3. The molecule has 0 unspecified atom stereocenters. The number of hydrogen-bond donors (Lipinski definition) is 0. The van der Waals surface area contributed by atoms with Crippen molar-refractivity contribution in [3.8, 4) is 0 Å². The van der Waals surface area contributed by atoms with Crippen LogP contribution in [0.15, 0.2) is 0 Å². The predicted molar refractivity (Wildman–Crippen MR) is 53.4 cm³/mol. The number of methoxy groups -OCH3 is 2. The van der Waals surface area contributed by atoms with Gasteiger partial charge in [-0.15, -0.1) is 0 Å². The molecule has 1 atom stereocenters. The van der Waals surface area contributed by atoms with E-state index in [-0.39, 0.29) is 6.42 Å². The average Bonchev–Trinajstić information content (AvgIpc) is 2.57. The van der Waals surface area contributed by atoms with E-state index in [1.54, 1.807) is 0 Å². The lowest BCUT2D eigenvalue weighted by Gasteiger charge is -2.16. The zero-order chi connectivity index (χ0) is 13.2. The Hall–Kier alpha value is -1.92. The molecule has 1 fully saturated rings. The number of carbonyl (C=O) groups excluding carboxylic acids is 4. The van der Waals surface area contributed by atoms with Crippen LogP contribution < -0.4 is 0 Å². The molecule has 94 valence electrons. The molecule has 0 aromatic rings. The van der Waals surface area contributed by atoms with Crippen LogP contribution in [-0.4, -0.2) is 49.9 Å². The summed E-state index contributed by atoms with van der Waals surface area (Å²) in [6.07, 6.45) is -0.190. The molecule has 17 heavy (non-hydrogen) atoms. The largest absolute Gasteiger partial charge is 0.468 e. The standard InChI is InChI=1S/C10H13NO6/c1-11-6(12)4-5(8(11)13)7(9(14)16-2)10(15)17-3/h5,7H,4H2,1-3H3/t5-/m1/s1. The number of ether oxygens (including phenoxy) is 2. The highest BCUT2D eigenvalue weighted by atomic mass is 16.5. The van der Waals surface area contributed by atoms with Crippen molar-refractivity contribution in [3.63, 3.8) is 0 Å². The first-order chi connectivity index (χ1) is 7.93. The SMILES string of the molecule is COC(=O)C(C(=O)OC)[C@H]1CC(=O)N(C)C1=O. The van der Waals surface area contributed by atoms with E-state index in [9.17, 15) is 19.2 Å². The van der Waals surface area contributed by atoms with E-state index in [1.807, 2.05) is 0 Å². The van der Waals surface area contributed by atoms with Crippen molar-refractivity contribution >= 4 is 23.8 Å². The average molecular weight is 243 g/mol. The molecule has 0 radical (unpaired) electrons. The quantitative estimate of drug-likeness (QED) is 0.357. The molecule has 1 aliphatic heterocycles. The Bertz CT molecular complexity index is 361. The fourth-order valence-corrected chi connectivity index (χ4v) is 1.72. The van der Waals surface area contributed by atoms with Crippen LogP contribution in [0.5, 0.6) is 0 Å². The summed E-state index contributed by atoms with van der Waals surface area (Å²) < 4.78 is 8.89. The highest BCUT2D eigenvalue weighted by molar-refractivity contribution is 6.08. The lowest BCUT2D eigenvalue weighted by Crippen LogP contribution is -2.37.